The fourth-order valence-corrected chi connectivity index (χ4v) is 3.22. The smallest absolute Gasteiger partial charge is 0.258 e. The second-order valence-corrected chi connectivity index (χ2v) is 7.08. The lowest BCUT2D eigenvalue weighted by Crippen LogP contribution is -2.19. The summed E-state index contributed by atoms with van der Waals surface area (Å²) < 4.78 is 0. The lowest BCUT2D eigenvalue weighted by atomic mass is 10.1. The third-order valence-electron chi connectivity index (χ3n) is 4.48. The molecule has 0 atom stereocenters. The number of aryl methyl sites for hydroxylation is 1. The number of nitrogens with one attached hydrogen (secondary N) is 2. The van der Waals surface area contributed by atoms with Gasteiger partial charge in [-0.25, -0.2) is 4.98 Å². The maximum Gasteiger partial charge on any atom is 0.258 e. The molecule has 2 aromatic heterocycles. The maximum absolute atomic E-state index is 13.1. The van der Waals surface area contributed by atoms with Crippen LogP contribution in [0, 0.1) is 6.92 Å². The Kier molecular flexibility index (Phi) is 5.41. The second kappa shape index (κ2) is 8.31. The average Bonchev–Trinajstić information content (AvgIpc) is 2.75. The van der Waals surface area contributed by atoms with Crippen LogP contribution in [0.15, 0.2) is 72.9 Å². The monoisotopic (exact) mass is 416 g/mol. The number of benzene rings is 2. The number of rotatable bonds is 4. The molecule has 0 unspecified atom stereocenters. The van der Waals surface area contributed by atoms with Crippen LogP contribution < -0.4 is 10.6 Å². The fraction of sp³-hybridized carbons (Fsp3) is 0.0435. The molecule has 4 rings (SSSR count). The van der Waals surface area contributed by atoms with Crippen LogP contribution in [0.1, 0.15) is 26.4 Å². The van der Waals surface area contributed by atoms with Crippen molar-refractivity contribution in [2.24, 2.45) is 0 Å². The molecule has 2 aromatic carbocycles. The van der Waals surface area contributed by atoms with Gasteiger partial charge in [0.2, 0.25) is 0 Å². The molecule has 4 aromatic rings. The Labute approximate surface area is 177 Å². The van der Waals surface area contributed by atoms with Crippen LogP contribution in [0.5, 0.6) is 0 Å². The molecule has 0 fully saturated rings. The van der Waals surface area contributed by atoms with Gasteiger partial charge in [-0.3, -0.25) is 14.6 Å². The van der Waals surface area contributed by atoms with Crippen molar-refractivity contribution in [3.05, 3.63) is 94.8 Å². The topological polar surface area (TPSA) is 84.0 Å². The molecular weight excluding hydrogens is 400 g/mol. The number of para-hydroxylation sites is 2. The predicted molar refractivity (Wildman–Crippen MR) is 118 cm³/mol. The van der Waals surface area contributed by atoms with E-state index >= 15 is 0 Å². The SMILES string of the molecule is Cc1cc(C(=O)Nc2ccccc2C(=O)Nc2ccc(Cl)cn2)c2ccccc2n1. The zero-order valence-corrected chi connectivity index (χ0v) is 16.8. The molecule has 0 spiro atoms. The van der Waals surface area contributed by atoms with Crippen LogP contribution in [0.25, 0.3) is 10.9 Å². The van der Waals surface area contributed by atoms with Gasteiger partial charge in [0, 0.05) is 17.3 Å². The molecule has 2 amide bonds. The molecule has 148 valence electrons. The van der Waals surface area contributed by atoms with Crippen LogP contribution in [-0.2, 0) is 0 Å². The molecule has 0 saturated heterocycles. The highest BCUT2D eigenvalue weighted by molar-refractivity contribution is 6.30. The van der Waals surface area contributed by atoms with Crippen LogP contribution in [-0.4, -0.2) is 21.8 Å². The fourth-order valence-electron chi connectivity index (χ4n) is 3.11. The summed E-state index contributed by atoms with van der Waals surface area (Å²) in [6.45, 7) is 1.84. The molecular formula is C23H17ClN4O2. The molecule has 0 aliphatic heterocycles. The molecule has 0 bridgehead atoms. The zero-order valence-electron chi connectivity index (χ0n) is 16.0. The lowest BCUT2D eigenvalue weighted by Gasteiger charge is -2.13. The van der Waals surface area contributed by atoms with Crippen molar-refractivity contribution >= 4 is 45.8 Å². The largest absolute Gasteiger partial charge is 0.321 e. The number of aromatic nitrogens is 2. The molecule has 0 radical (unpaired) electrons. The number of carbonyl (C=O) groups excluding carboxylic acids is 2. The quantitative estimate of drug-likeness (QED) is 0.485. The van der Waals surface area contributed by atoms with Gasteiger partial charge < -0.3 is 10.6 Å². The van der Waals surface area contributed by atoms with Gasteiger partial charge in [0.1, 0.15) is 5.82 Å². The first-order chi connectivity index (χ1) is 14.5. The zero-order chi connectivity index (χ0) is 21.1. The van der Waals surface area contributed by atoms with E-state index < -0.39 is 5.91 Å². The van der Waals surface area contributed by atoms with Crippen molar-refractivity contribution in [3.8, 4) is 0 Å². The minimum absolute atomic E-state index is 0.317. The number of fused-ring (bicyclic) bond motifs is 1. The number of anilines is 2. The van der Waals surface area contributed by atoms with E-state index in [1.165, 1.54) is 6.20 Å². The normalized spacial score (nSPS) is 10.6. The summed E-state index contributed by atoms with van der Waals surface area (Å²) in [5, 5.41) is 6.78. The summed E-state index contributed by atoms with van der Waals surface area (Å²) in [5.41, 5.74) is 2.68. The highest BCUT2D eigenvalue weighted by Crippen LogP contribution is 2.22. The van der Waals surface area contributed by atoms with E-state index in [0.29, 0.717) is 27.7 Å². The molecule has 0 saturated carbocycles. The van der Waals surface area contributed by atoms with Crippen molar-refractivity contribution in [1.82, 2.24) is 9.97 Å². The lowest BCUT2D eigenvalue weighted by molar-refractivity contribution is 0.102. The number of hydrogen-bond donors (Lipinski definition) is 2. The van der Waals surface area contributed by atoms with E-state index in [1.807, 2.05) is 31.2 Å². The highest BCUT2D eigenvalue weighted by atomic mass is 35.5. The van der Waals surface area contributed by atoms with Crippen molar-refractivity contribution in [1.29, 1.82) is 0 Å². The first-order valence-corrected chi connectivity index (χ1v) is 9.59. The van der Waals surface area contributed by atoms with Gasteiger partial charge in [-0.15, -0.1) is 0 Å². The Hall–Kier alpha value is -3.77. The summed E-state index contributed by atoms with van der Waals surface area (Å²) in [6.07, 6.45) is 1.45. The molecule has 0 aliphatic rings. The van der Waals surface area contributed by atoms with Crippen LogP contribution in [0.3, 0.4) is 0 Å². The average molecular weight is 417 g/mol. The molecule has 6 nitrogen and oxygen atoms in total. The van der Waals surface area contributed by atoms with E-state index in [0.717, 1.165) is 16.6 Å². The predicted octanol–water partition coefficient (Wildman–Crippen LogP) is 5.10. The number of pyridine rings is 2. The first-order valence-electron chi connectivity index (χ1n) is 9.21. The summed E-state index contributed by atoms with van der Waals surface area (Å²) in [6, 6.07) is 19.2. The number of carbonyl (C=O) groups is 2. The van der Waals surface area contributed by atoms with E-state index in [-0.39, 0.29) is 5.91 Å². The number of nitrogens with zero attached hydrogens (tertiary/aromatic N) is 2. The van der Waals surface area contributed by atoms with Crippen molar-refractivity contribution < 1.29 is 9.59 Å². The number of halogens is 1. The van der Waals surface area contributed by atoms with Crippen molar-refractivity contribution in [2.75, 3.05) is 10.6 Å². The van der Waals surface area contributed by atoms with Gasteiger partial charge in [0.15, 0.2) is 0 Å². The van der Waals surface area contributed by atoms with Crippen LogP contribution in [0.4, 0.5) is 11.5 Å². The third-order valence-corrected chi connectivity index (χ3v) is 4.70. The van der Waals surface area contributed by atoms with Gasteiger partial charge in [0.05, 0.1) is 27.4 Å². The number of amides is 2. The summed E-state index contributed by atoms with van der Waals surface area (Å²) in [7, 11) is 0. The van der Waals surface area contributed by atoms with Gasteiger partial charge in [-0.1, -0.05) is 41.9 Å². The van der Waals surface area contributed by atoms with Crippen molar-refractivity contribution in [2.45, 2.75) is 6.92 Å². The second-order valence-electron chi connectivity index (χ2n) is 6.64. The Morgan fingerprint density at radius 1 is 0.867 bits per heavy atom. The van der Waals surface area contributed by atoms with E-state index in [9.17, 15) is 9.59 Å². The Balaban J connectivity index is 1.62. The third kappa shape index (κ3) is 4.14. The van der Waals surface area contributed by atoms with Crippen LogP contribution in [0.2, 0.25) is 5.02 Å². The molecule has 30 heavy (non-hydrogen) atoms. The minimum Gasteiger partial charge on any atom is -0.321 e. The van der Waals surface area contributed by atoms with Gasteiger partial charge in [0.25, 0.3) is 11.8 Å². The van der Waals surface area contributed by atoms with E-state index in [4.69, 9.17) is 11.6 Å². The molecule has 2 N–H and O–H groups in total. The van der Waals surface area contributed by atoms with Crippen LogP contribution >= 0.6 is 11.6 Å². The van der Waals surface area contributed by atoms with Gasteiger partial charge in [-0.05, 0) is 43.3 Å². The highest BCUT2D eigenvalue weighted by Gasteiger charge is 2.17. The Morgan fingerprint density at radius 3 is 2.40 bits per heavy atom. The number of hydrogen-bond acceptors (Lipinski definition) is 4. The standard InChI is InChI=1S/C23H17ClN4O2/c1-14-12-18(16-6-2-4-8-19(16)26-14)23(30)27-20-9-5-3-7-17(20)22(29)28-21-11-10-15(24)13-25-21/h2-13H,1H3,(H,27,30)(H,25,28,29). The van der Waals surface area contributed by atoms with Gasteiger partial charge in [-0.2, -0.15) is 0 Å². The van der Waals surface area contributed by atoms with Crippen molar-refractivity contribution in [3.63, 3.8) is 0 Å². The summed E-state index contributed by atoms with van der Waals surface area (Å²) in [4.78, 5) is 34.3. The Morgan fingerprint density at radius 2 is 1.60 bits per heavy atom. The molecule has 7 heteroatoms. The molecule has 0 aliphatic carbocycles. The Bertz CT molecular complexity index is 1260. The first kappa shape index (κ1) is 19.5. The summed E-state index contributed by atoms with van der Waals surface area (Å²) >= 11 is 5.83. The van der Waals surface area contributed by atoms with Gasteiger partial charge >= 0.3 is 0 Å². The van der Waals surface area contributed by atoms with E-state index in [2.05, 4.69) is 20.6 Å². The summed E-state index contributed by atoms with van der Waals surface area (Å²) in [5.74, 6) is -0.348. The molecule has 2 heterocycles. The van der Waals surface area contributed by atoms with E-state index in [1.54, 1.807) is 42.5 Å². The maximum atomic E-state index is 13.1. The minimum atomic E-state index is -0.392.